The second kappa shape index (κ2) is 9.18. The van der Waals surface area contributed by atoms with Crippen molar-refractivity contribution in [2.45, 2.75) is 6.54 Å². The van der Waals surface area contributed by atoms with Gasteiger partial charge in [0.2, 0.25) is 0 Å². The molecule has 2 rings (SSSR count). The zero-order chi connectivity index (χ0) is 16.5. The highest BCUT2D eigenvalue weighted by Gasteiger charge is 2.09. The van der Waals surface area contributed by atoms with E-state index in [-0.39, 0.29) is 5.91 Å². The van der Waals surface area contributed by atoms with E-state index in [4.69, 9.17) is 16.3 Å². The first-order valence-corrected chi connectivity index (χ1v) is 8.01. The molecule has 2 aromatic carbocycles. The SMILES string of the molecule is C[NH+](CC(=O)NCCOc1ccc(Cl)cc1)Cc1ccccc1. The summed E-state index contributed by atoms with van der Waals surface area (Å²) in [6, 6.07) is 17.3. The number of rotatable bonds is 8. The molecule has 4 nitrogen and oxygen atoms in total. The van der Waals surface area contributed by atoms with Crippen LogP contribution in [-0.2, 0) is 11.3 Å². The molecule has 1 amide bonds. The van der Waals surface area contributed by atoms with Gasteiger partial charge in [0.1, 0.15) is 18.9 Å². The van der Waals surface area contributed by atoms with E-state index in [1.165, 1.54) is 5.56 Å². The van der Waals surface area contributed by atoms with E-state index < -0.39 is 0 Å². The van der Waals surface area contributed by atoms with Gasteiger partial charge in [0, 0.05) is 10.6 Å². The van der Waals surface area contributed by atoms with Gasteiger partial charge >= 0.3 is 0 Å². The number of quaternary nitrogens is 1. The van der Waals surface area contributed by atoms with Crippen LogP contribution in [0.4, 0.5) is 0 Å². The van der Waals surface area contributed by atoms with Crippen molar-refractivity contribution in [2.75, 3.05) is 26.7 Å². The Morgan fingerprint density at radius 3 is 2.52 bits per heavy atom. The molecule has 1 atom stereocenters. The lowest BCUT2D eigenvalue weighted by Gasteiger charge is -2.14. The third-order valence-corrected chi connectivity index (χ3v) is 3.57. The highest BCUT2D eigenvalue weighted by atomic mass is 35.5. The van der Waals surface area contributed by atoms with Gasteiger partial charge in [0.15, 0.2) is 6.54 Å². The number of ether oxygens (including phenoxy) is 1. The lowest BCUT2D eigenvalue weighted by Crippen LogP contribution is -3.08. The smallest absolute Gasteiger partial charge is 0.275 e. The largest absolute Gasteiger partial charge is 0.492 e. The Morgan fingerprint density at radius 1 is 1.13 bits per heavy atom. The van der Waals surface area contributed by atoms with Gasteiger partial charge in [0.05, 0.1) is 13.6 Å². The first kappa shape index (κ1) is 17.3. The Labute approximate surface area is 142 Å². The molecule has 0 aliphatic carbocycles. The minimum atomic E-state index is 0.0261. The van der Waals surface area contributed by atoms with Crippen LogP contribution in [0.25, 0.3) is 0 Å². The van der Waals surface area contributed by atoms with Crippen molar-refractivity contribution in [3.63, 3.8) is 0 Å². The summed E-state index contributed by atoms with van der Waals surface area (Å²) in [6.45, 7) is 2.19. The number of carbonyl (C=O) groups excluding carboxylic acids is 1. The summed E-state index contributed by atoms with van der Waals surface area (Å²) in [5.41, 5.74) is 1.23. The summed E-state index contributed by atoms with van der Waals surface area (Å²) in [5.74, 6) is 0.772. The number of hydrogen-bond acceptors (Lipinski definition) is 2. The van der Waals surface area contributed by atoms with E-state index in [1.807, 2.05) is 37.4 Å². The van der Waals surface area contributed by atoms with Gasteiger partial charge in [-0.1, -0.05) is 41.9 Å². The number of benzene rings is 2. The molecule has 0 saturated heterocycles. The van der Waals surface area contributed by atoms with Gasteiger partial charge < -0.3 is 15.0 Å². The van der Waals surface area contributed by atoms with Gasteiger partial charge in [-0.25, -0.2) is 0 Å². The predicted molar refractivity (Wildman–Crippen MR) is 91.9 cm³/mol. The van der Waals surface area contributed by atoms with Crippen LogP contribution in [0.3, 0.4) is 0 Å². The van der Waals surface area contributed by atoms with Crippen molar-refractivity contribution in [1.82, 2.24) is 5.32 Å². The molecule has 5 heteroatoms. The zero-order valence-corrected chi connectivity index (χ0v) is 14.0. The summed E-state index contributed by atoms with van der Waals surface area (Å²) in [4.78, 5) is 13.0. The highest BCUT2D eigenvalue weighted by molar-refractivity contribution is 6.30. The Balaban J connectivity index is 1.62. The van der Waals surface area contributed by atoms with E-state index in [1.54, 1.807) is 12.1 Å². The van der Waals surface area contributed by atoms with Crippen molar-refractivity contribution < 1.29 is 14.4 Å². The van der Waals surface area contributed by atoms with Crippen LogP contribution in [0.15, 0.2) is 54.6 Å². The first-order valence-electron chi connectivity index (χ1n) is 7.64. The molecule has 0 heterocycles. The van der Waals surface area contributed by atoms with Gasteiger partial charge in [-0.15, -0.1) is 0 Å². The molecule has 0 radical (unpaired) electrons. The molecule has 23 heavy (non-hydrogen) atoms. The molecule has 0 aliphatic heterocycles. The second-order valence-electron chi connectivity index (χ2n) is 5.45. The maximum Gasteiger partial charge on any atom is 0.275 e. The molecule has 0 saturated carbocycles. The maximum atomic E-state index is 11.9. The van der Waals surface area contributed by atoms with Crippen LogP contribution in [0.2, 0.25) is 5.02 Å². The van der Waals surface area contributed by atoms with Crippen molar-refractivity contribution >= 4 is 17.5 Å². The molecular formula is C18H22ClN2O2+. The molecule has 0 bridgehead atoms. The monoisotopic (exact) mass is 333 g/mol. The van der Waals surface area contributed by atoms with Crippen molar-refractivity contribution in [2.24, 2.45) is 0 Å². The van der Waals surface area contributed by atoms with Crippen LogP contribution >= 0.6 is 11.6 Å². The Kier molecular flexibility index (Phi) is 6.91. The zero-order valence-electron chi connectivity index (χ0n) is 13.2. The summed E-state index contributed by atoms with van der Waals surface area (Å²) in [6.07, 6.45) is 0. The number of likely N-dealkylation sites (N-methyl/N-ethyl adjacent to an activating group) is 1. The number of nitrogens with one attached hydrogen (secondary N) is 2. The lowest BCUT2D eigenvalue weighted by atomic mass is 10.2. The van der Waals surface area contributed by atoms with E-state index in [9.17, 15) is 4.79 Å². The molecule has 0 aliphatic rings. The van der Waals surface area contributed by atoms with Gasteiger partial charge in [-0.3, -0.25) is 4.79 Å². The van der Waals surface area contributed by atoms with Crippen LogP contribution in [0.1, 0.15) is 5.56 Å². The fourth-order valence-electron chi connectivity index (χ4n) is 2.23. The fourth-order valence-corrected chi connectivity index (χ4v) is 2.36. The molecule has 1 unspecified atom stereocenters. The van der Waals surface area contributed by atoms with Crippen LogP contribution in [0.5, 0.6) is 5.75 Å². The summed E-state index contributed by atoms with van der Waals surface area (Å²) < 4.78 is 5.53. The van der Waals surface area contributed by atoms with Crippen LogP contribution < -0.4 is 15.0 Å². The molecular weight excluding hydrogens is 312 g/mol. The summed E-state index contributed by atoms with van der Waals surface area (Å²) in [5, 5.41) is 3.55. The van der Waals surface area contributed by atoms with Crippen LogP contribution in [-0.4, -0.2) is 32.7 Å². The topological polar surface area (TPSA) is 42.8 Å². The Morgan fingerprint density at radius 2 is 1.83 bits per heavy atom. The number of hydrogen-bond donors (Lipinski definition) is 2. The second-order valence-corrected chi connectivity index (χ2v) is 5.89. The first-order chi connectivity index (χ1) is 11.1. The van der Waals surface area contributed by atoms with Gasteiger partial charge in [-0.05, 0) is 24.3 Å². The van der Waals surface area contributed by atoms with Gasteiger partial charge in [0.25, 0.3) is 5.91 Å². The molecule has 122 valence electrons. The summed E-state index contributed by atoms with van der Waals surface area (Å²) >= 11 is 5.81. The number of halogens is 1. The predicted octanol–water partition coefficient (Wildman–Crippen LogP) is 1.55. The molecule has 2 aromatic rings. The molecule has 2 N–H and O–H groups in total. The Bertz CT molecular complexity index is 602. The van der Waals surface area contributed by atoms with E-state index >= 15 is 0 Å². The normalized spacial score (nSPS) is 11.7. The number of amides is 1. The minimum Gasteiger partial charge on any atom is -0.492 e. The summed E-state index contributed by atoms with van der Waals surface area (Å²) in [7, 11) is 2.01. The fraction of sp³-hybridized carbons (Fsp3) is 0.278. The van der Waals surface area contributed by atoms with Crippen molar-refractivity contribution in [3.05, 3.63) is 65.2 Å². The van der Waals surface area contributed by atoms with E-state index in [0.29, 0.717) is 24.7 Å². The van der Waals surface area contributed by atoms with Gasteiger partial charge in [-0.2, -0.15) is 0 Å². The Hall–Kier alpha value is -2.04. The van der Waals surface area contributed by atoms with Crippen molar-refractivity contribution in [3.8, 4) is 5.75 Å². The number of carbonyl (C=O) groups is 1. The van der Waals surface area contributed by atoms with Crippen molar-refractivity contribution in [1.29, 1.82) is 0 Å². The third kappa shape index (κ3) is 6.72. The molecule has 0 aromatic heterocycles. The standard InChI is InChI=1S/C18H21ClN2O2/c1-21(13-15-5-3-2-4-6-15)14-18(22)20-11-12-23-17-9-7-16(19)8-10-17/h2-10H,11-14H2,1H3,(H,20,22)/p+1. The maximum absolute atomic E-state index is 11.9. The minimum absolute atomic E-state index is 0.0261. The van der Waals surface area contributed by atoms with E-state index in [2.05, 4.69) is 17.4 Å². The average molecular weight is 334 g/mol. The van der Waals surface area contributed by atoms with Crippen LogP contribution in [0, 0.1) is 0 Å². The quantitative estimate of drug-likeness (QED) is 0.720. The lowest BCUT2D eigenvalue weighted by molar-refractivity contribution is -0.885. The van der Waals surface area contributed by atoms with E-state index in [0.717, 1.165) is 17.2 Å². The molecule has 0 fully saturated rings. The third-order valence-electron chi connectivity index (χ3n) is 3.32. The highest BCUT2D eigenvalue weighted by Crippen LogP contribution is 2.14. The molecule has 0 spiro atoms. The average Bonchev–Trinajstić information content (AvgIpc) is 2.54.